The summed E-state index contributed by atoms with van der Waals surface area (Å²) in [6.07, 6.45) is 0. The van der Waals surface area contributed by atoms with Crippen LogP contribution in [0.25, 0.3) is 11.4 Å². The quantitative estimate of drug-likeness (QED) is 0.705. The molecule has 0 aliphatic carbocycles. The second-order valence-electron chi connectivity index (χ2n) is 3.02. The van der Waals surface area contributed by atoms with E-state index < -0.39 is 0 Å². The van der Waals surface area contributed by atoms with Gasteiger partial charge in [0.05, 0.1) is 5.56 Å². The molecule has 0 saturated carbocycles. The zero-order chi connectivity index (χ0) is 10.8. The molecular weight excluding hydrogens is 196 g/mol. The number of phenolic OH excluding ortho intramolecular Hbond substituents is 1. The number of ketones is 1. The summed E-state index contributed by atoms with van der Waals surface area (Å²) < 4.78 is 0. The first-order valence-corrected chi connectivity index (χ1v) is 4.26. The molecule has 0 spiro atoms. The van der Waals surface area contributed by atoms with Crippen LogP contribution < -0.4 is 0 Å². The summed E-state index contributed by atoms with van der Waals surface area (Å²) in [5.74, 6) is 0.130. The van der Waals surface area contributed by atoms with E-state index in [9.17, 15) is 9.90 Å². The van der Waals surface area contributed by atoms with Crippen molar-refractivity contribution in [3.8, 4) is 17.1 Å². The minimum Gasteiger partial charge on any atom is -0.507 e. The van der Waals surface area contributed by atoms with Crippen LogP contribution in [0, 0.1) is 0 Å². The van der Waals surface area contributed by atoms with Crippen LogP contribution in [0.2, 0.25) is 0 Å². The minimum atomic E-state index is -0.210. The second-order valence-corrected chi connectivity index (χ2v) is 3.02. The van der Waals surface area contributed by atoms with Gasteiger partial charge in [0.2, 0.25) is 5.82 Å². The van der Waals surface area contributed by atoms with E-state index >= 15 is 0 Å². The van der Waals surface area contributed by atoms with Crippen LogP contribution in [-0.4, -0.2) is 31.5 Å². The molecule has 0 atom stereocenters. The number of hydrogen-bond donors (Lipinski definition) is 2. The minimum absolute atomic E-state index is 0.0465. The predicted molar refractivity (Wildman–Crippen MR) is 51.3 cm³/mol. The molecule has 0 saturated heterocycles. The molecule has 1 heterocycles. The van der Waals surface area contributed by atoms with Crippen LogP contribution in [0.4, 0.5) is 0 Å². The lowest BCUT2D eigenvalue weighted by Crippen LogP contribution is -1.93. The molecule has 2 rings (SSSR count). The Hall–Kier alpha value is -2.24. The molecule has 0 aliphatic rings. The number of aromatic nitrogens is 4. The summed E-state index contributed by atoms with van der Waals surface area (Å²) in [4.78, 5) is 11.2. The summed E-state index contributed by atoms with van der Waals surface area (Å²) in [5, 5.41) is 22.7. The zero-order valence-electron chi connectivity index (χ0n) is 7.93. The Bertz CT molecular complexity index is 493. The molecule has 0 bridgehead atoms. The lowest BCUT2D eigenvalue weighted by atomic mass is 10.1. The number of aromatic hydroxyl groups is 1. The Kier molecular flexibility index (Phi) is 2.17. The van der Waals surface area contributed by atoms with Crippen molar-refractivity contribution in [3.63, 3.8) is 0 Å². The molecular formula is C9H8N4O2. The number of tetrazole rings is 1. The molecule has 76 valence electrons. The number of carbonyl (C=O) groups excluding carboxylic acids is 1. The van der Waals surface area contributed by atoms with Crippen LogP contribution >= 0.6 is 0 Å². The molecule has 1 aromatic heterocycles. The van der Waals surface area contributed by atoms with Crippen LogP contribution in [0.1, 0.15) is 17.3 Å². The Labute approximate surface area is 84.9 Å². The van der Waals surface area contributed by atoms with Gasteiger partial charge in [0, 0.05) is 5.56 Å². The number of hydrogen-bond acceptors (Lipinski definition) is 5. The van der Waals surface area contributed by atoms with Crippen molar-refractivity contribution in [2.24, 2.45) is 0 Å². The van der Waals surface area contributed by atoms with E-state index in [2.05, 4.69) is 20.6 Å². The summed E-state index contributed by atoms with van der Waals surface area (Å²) >= 11 is 0. The first-order chi connectivity index (χ1) is 7.18. The molecule has 1 aromatic carbocycles. The normalized spacial score (nSPS) is 10.2. The van der Waals surface area contributed by atoms with Crippen molar-refractivity contribution in [3.05, 3.63) is 23.8 Å². The van der Waals surface area contributed by atoms with Crippen molar-refractivity contribution in [2.45, 2.75) is 6.92 Å². The fraction of sp³-hybridized carbons (Fsp3) is 0.111. The largest absolute Gasteiger partial charge is 0.507 e. The second kappa shape index (κ2) is 3.49. The number of carbonyl (C=O) groups is 1. The fourth-order valence-corrected chi connectivity index (χ4v) is 1.24. The van der Waals surface area contributed by atoms with Crippen molar-refractivity contribution < 1.29 is 9.90 Å². The van der Waals surface area contributed by atoms with Gasteiger partial charge in [-0.05, 0) is 30.3 Å². The van der Waals surface area contributed by atoms with E-state index in [1.807, 2.05) is 0 Å². The molecule has 0 radical (unpaired) electrons. The molecule has 2 N–H and O–H groups in total. The molecule has 6 nitrogen and oxygen atoms in total. The summed E-state index contributed by atoms with van der Waals surface area (Å²) in [6.45, 7) is 1.38. The third kappa shape index (κ3) is 1.69. The predicted octanol–water partition coefficient (Wildman–Crippen LogP) is 0.775. The van der Waals surface area contributed by atoms with E-state index in [-0.39, 0.29) is 17.1 Å². The SMILES string of the molecule is CC(=O)c1cc(-c2nn[nH]n2)ccc1O. The van der Waals surface area contributed by atoms with Crippen molar-refractivity contribution in [2.75, 3.05) is 0 Å². The van der Waals surface area contributed by atoms with Crippen LogP contribution in [-0.2, 0) is 0 Å². The van der Waals surface area contributed by atoms with E-state index in [0.717, 1.165) is 0 Å². The Morgan fingerprint density at radius 3 is 2.87 bits per heavy atom. The van der Waals surface area contributed by atoms with E-state index in [0.29, 0.717) is 11.4 Å². The summed E-state index contributed by atoms with van der Waals surface area (Å²) in [7, 11) is 0. The van der Waals surface area contributed by atoms with Crippen LogP contribution in [0.3, 0.4) is 0 Å². The number of H-pyrrole nitrogens is 1. The molecule has 15 heavy (non-hydrogen) atoms. The highest BCUT2D eigenvalue weighted by molar-refractivity contribution is 5.97. The number of rotatable bonds is 2. The molecule has 0 amide bonds. The number of aromatic amines is 1. The van der Waals surface area contributed by atoms with Gasteiger partial charge in [-0.15, -0.1) is 10.2 Å². The van der Waals surface area contributed by atoms with Crippen LogP contribution in [0.5, 0.6) is 5.75 Å². The number of phenols is 1. The van der Waals surface area contributed by atoms with E-state index in [1.54, 1.807) is 6.07 Å². The van der Waals surface area contributed by atoms with E-state index in [4.69, 9.17) is 0 Å². The van der Waals surface area contributed by atoms with Gasteiger partial charge in [-0.25, -0.2) is 0 Å². The first kappa shape index (κ1) is 9.32. The van der Waals surface area contributed by atoms with Gasteiger partial charge in [0.1, 0.15) is 5.75 Å². The molecule has 0 unspecified atom stereocenters. The highest BCUT2D eigenvalue weighted by atomic mass is 16.3. The highest BCUT2D eigenvalue weighted by Crippen LogP contribution is 2.23. The highest BCUT2D eigenvalue weighted by Gasteiger charge is 2.10. The van der Waals surface area contributed by atoms with Gasteiger partial charge >= 0.3 is 0 Å². The maximum atomic E-state index is 11.2. The molecule has 0 fully saturated rings. The lowest BCUT2D eigenvalue weighted by Gasteiger charge is -2.01. The Morgan fingerprint density at radius 2 is 2.27 bits per heavy atom. The van der Waals surface area contributed by atoms with E-state index in [1.165, 1.54) is 19.1 Å². The maximum Gasteiger partial charge on any atom is 0.204 e. The standard InChI is InChI=1S/C9H8N4O2/c1-5(14)7-4-6(2-3-8(7)15)9-10-12-13-11-9/h2-4,15H,1H3,(H,10,11,12,13). The zero-order valence-corrected chi connectivity index (χ0v) is 7.93. The first-order valence-electron chi connectivity index (χ1n) is 4.26. The van der Waals surface area contributed by atoms with Crippen molar-refractivity contribution in [1.82, 2.24) is 20.6 Å². The van der Waals surface area contributed by atoms with Crippen molar-refractivity contribution >= 4 is 5.78 Å². The third-order valence-corrected chi connectivity index (χ3v) is 1.98. The lowest BCUT2D eigenvalue weighted by molar-refractivity contribution is 0.101. The van der Waals surface area contributed by atoms with Crippen LogP contribution in [0.15, 0.2) is 18.2 Å². The summed E-state index contributed by atoms with van der Waals surface area (Å²) in [5.41, 5.74) is 0.879. The number of benzene rings is 1. The van der Waals surface area contributed by atoms with Crippen molar-refractivity contribution in [1.29, 1.82) is 0 Å². The number of nitrogens with one attached hydrogen (secondary N) is 1. The third-order valence-electron chi connectivity index (χ3n) is 1.98. The van der Waals surface area contributed by atoms with Gasteiger partial charge in [0.25, 0.3) is 0 Å². The maximum absolute atomic E-state index is 11.2. The Balaban J connectivity index is 2.52. The molecule has 6 heteroatoms. The topological polar surface area (TPSA) is 91.8 Å². The van der Waals surface area contributed by atoms with Gasteiger partial charge in [-0.3, -0.25) is 4.79 Å². The number of Topliss-reactive ketones (excluding diaryl/α,β-unsaturated/α-hetero) is 1. The Morgan fingerprint density at radius 1 is 1.47 bits per heavy atom. The average Bonchev–Trinajstić information content (AvgIpc) is 2.71. The molecule has 2 aromatic rings. The fourth-order valence-electron chi connectivity index (χ4n) is 1.24. The summed E-state index contributed by atoms with van der Waals surface area (Å²) in [6, 6.07) is 4.58. The van der Waals surface area contributed by atoms with Gasteiger partial charge in [-0.1, -0.05) is 0 Å². The number of nitrogens with zero attached hydrogens (tertiary/aromatic N) is 3. The molecule has 0 aliphatic heterocycles. The van der Waals surface area contributed by atoms with Gasteiger partial charge in [0.15, 0.2) is 5.78 Å². The monoisotopic (exact) mass is 204 g/mol. The average molecular weight is 204 g/mol. The smallest absolute Gasteiger partial charge is 0.204 e. The van der Waals surface area contributed by atoms with Gasteiger partial charge in [-0.2, -0.15) is 5.21 Å². The van der Waals surface area contributed by atoms with Gasteiger partial charge < -0.3 is 5.11 Å².